The van der Waals surface area contributed by atoms with E-state index in [1.165, 1.54) is 0 Å². The summed E-state index contributed by atoms with van der Waals surface area (Å²) >= 11 is 0. The topological polar surface area (TPSA) is 69.6 Å². The normalized spacial score (nSPS) is 10.0. The second-order valence-electron chi connectivity index (χ2n) is 3.24. The van der Waals surface area contributed by atoms with Crippen molar-refractivity contribution >= 4 is 11.9 Å². The van der Waals surface area contributed by atoms with E-state index in [1.54, 1.807) is 4.90 Å². The van der Waals surface area contributed by atoms with E-state index in [4.69, 9.17) is 5.11 Å². The smallest absolute Gasteiger partial charge is 0.317 e. The first-order valence-corrected chi connectivity index (χ1v) is 5.32. The van der Waals surface area contributed by atoms with Gasteiger partial charge in [0.05, 0.1) is 6.54 Å². The summed E-state index contributed by atoms with van der Waals surface area (Å²) in [6.07, 6.45) is 1.16. The van der Waals surface area contributed by atoms with E-state index < -0.39 is 5.97 Å². The SMILES string of the molecule is CCN(CC)C(=O)CCCNCC(=O)O. The zero-order chi connectivity index (χ0) is 11.7. The summed E-state index contributed by atoms with van der Waals surface area (Å²) in [6, 6.07) is 0. The van der Waals surface area contributed by atoms with Crippen LogP contribution in [-0.2, 0) is 9.59 Å². The Hall–Kier alpha value is -1.10. The third-order valence-corrected chi connectivity index (χ3v) is 2.14. The number of rotatable bonds is 8. The molecule has 0 aliphatic rings. The molecular weight excluding hydrogens is 196 g/mol. The van der Waals surface area contributed by atoms with Gasteiger partial charge in [0.1, 0.15) is 0 Å². The second kappa shape index (κ2) is 8.23. The molecule has 0 radical (unpaired) electrons. The molecule has 0 aliphatic carbocycles. The van der Waals surface area contributed by atoms with Gasteiger partial charge in [-0.25, -0.2) is 0 Å². The van der Waals surface area contributed by atoms with Crippen LogP contribution in [0.1, 0.15) is 26.7 Å². The lowest BCUT2D eigenvalue weighted by Gasteiger charge is -2.18. The molecule has 0 unspecified atom stereocenters. The number of amides is 1. The van der Waals surface area contributed by atoms with Gasteiger partial charge in [-0.1, -0.05) is 0 Å². The van der Waals surface area contributed by atoms with Crippen molar-refractivity contribution in [1.29, 1.82) is 0 Å². The lowest BCUT2D eigenvalue weighted by Crippen LogP contribution is -2.31. The number of nitrogens with one attached hydrogen (secondary N) is 1. The highest BCUT2D eigenvalue weighted by Crippen LogP contribution is 1.96. The van der Waals surface area contributed by atoms with Crippen LogP contribution in [0.5, 0.6) is 0 Å². The van der Waals surface area contributed by atoms with Crippen molar-refractivity contribution in [3.05, 3.63) is 0 Å². The third kappa shape index (κ3) is 6.90. The summed E-state index contributed by atoms with van der Waals surface area (Å²) in [5, 5.41) is 11.1. The van der Waals surface area contributed by atoms with E-state index in [0.29, 0.717) is 19.4 Å². The molecule has 2 N–H and O–H groups in total. The minimum atomic E-state index is -0.870. The molecule has 0 fully saturated rings. The van der Waals surface area contributed by atoms with Gasteiger partial charge in [-0.05, 0) is 26.8 Å². The van der Waals surface area contributed by atoms with Gasteiger partial charge >= 0.3 is 5.97 Å². The molecule has 5 heteroatoms. The van der Waals surface area contributed by atoms with Crippen molar-refractivity contribution in [2.75, 3.05) is 26.2 Å². The number of hydrogen-bond donors (Lipinski definition) is 2. The van der Waals surface area contributed by atoms with Crippen LogP contribution < -0.4 is 5.32 Å². The summed E-state index contributed by atoms with van der Waals surface area (Å²) in [5.41, 5.74) is 0. The standard InChI is InChI=1S/C10H20N2O3/c1-3-12(4-2)9(13)6-5-7-11-8-10(14)15/h11H,3-8H2,1-2H3,(H,14,15). The van der Waals surface area contributed by atoms with Crippen molar-refractivity contribution < 1.29 is 14.7 Å². The molecule has 0 aliphatic heterocycles. The Bertz CT molecular complexity index is 203. The minimum absolute atomic E-state index is 0.0422. The van der Waals surface area contributed by atoms with Gasteiger partial charge in [0.25, 0.3) is 0 Å². The second-order valence-corrected chi connectivity index (χ2v) is 3.24. The maximum Gasteiger partial charge on any atom is 0.317 e. The molecule has 5 nitrogen and oxygen atoms in total. The number of carbonyl (C=O) groups is 2. The van der Waals surface area contributed by atoms with Crippen LogP contribution >= 0.6 is 0 Å². The Morgan fingerprint density at radius 3 is 2.33 bits per heavy atom. The lowest BCUT2D eigenvalue weighted by atomic mass is 10.2. The maximum absolute atomic E-state index is 11.5. The number of carbonyl (C=O) groups excluding carboxylic acids is 1. The van der Waals surface area contributed by atoms with Gasteiger partial charge in [0.15, 0.2) is 0 Å². The largest absolute Gasteiger partial charge is 0.480 e. The first-order valence-electron chi connectivity index (χ1n) is 5.32. The average molecular weight is 216 g/mol. The van der Waals surface area contributed by atoms with Gasteiger partial charge in [-0.15, -0.1) is 0 Å². The van der Waals surface area contributed by atoms with E-state index in [9.17, 15) is 9.59 Å². The van der Waals surface area contributed by atoms with Crippen molar-refractivity contribution in [3.63, 3.8) is 0 Å². The summed E-state index contributed by atoms with van der Waals surface area (Å²) in [7, 11) is 0. The van der Waals surface area contributed by atoms with Crippen LogP contribution in [-0.4, -0.2) is 48.1 Å². The third-order valence-electron chi connectivity index (χ3n) is 2.14. The lowest BCUT2D eigenvalue weighted by molar-refractivity contribution is -0.135. The number of hydrogen-bond acceptors (Lipinski definition) is 3. The number of aliphatic carboxylic acids is 1. The molecule has 0 heterocycles. The summed E-state index contributed by atoms with van der Waals surface area (Å²) in [6.45, 7) is 5.89. The van der Waals surface area contributed by atoms with E-state index in [1.807, 2.05) is 13.8 Å². The Balaban J connectivity index is 3.50. The van der Waals surface area contributed by atoms with Gasteiger partial charge in [-0.2, -0.15) is 0 Å². The molecule has 0 saturated heterocycles. The highest BCUT2D eigenvalue weighted by Gasteiger charge is 2.08. The van der Waals surface area contributed by atoms with Crippen molar-refractivity contribution in [2.45, 2.75) is 26.7 Å². The Morgan fingerprint density at radius 2 is 1.87 bits per heavy atom. The van der Waals surface area contributed by atoms with Crippen LogP contribution in [0.15, 0.2) is 0 Å². The zero-order valence-electron chi connectivity index (χ0n) is 9.45. The predicted molar refractivity (Wildman–Crippen MR) is 57.7 cm³/mol. The highest BCUT2D eigenvalue weighted by atomic mass is 16.4. The molecule has 0 rings (SSSR count). The van der Waals surface area contributed by atoms with Crippen molar-refractivity contribution in [1.82, 2.24) is 10.2 Å². The van der Waals surface area contributed by atoms with Gasteiger partial charge < -0.3 is 15.3 Å². The van der Waals surface area contributed by atoms with Gasteiger partial charge in [0.2, 0.25) is 5.91 Å². The van der Waals surface area contributed by atoms with Crippen LogP contribution in [0.25, 0.3) is 0 Å². The predicted octanol–water partition coefficient (Wildman–Crippen LogP) is 0.309. The molecule has 0 aromatic heterocycles. The Morgan fingerprint density at radius 1 is 1.27 bits per heavy atom. The number of carboxylic acids is 1. The molecule has 1 amide bonds. The van der Waals surface area contributed by atoms with Crippen LogP contribution in [0, 0.1) is 0 Å². The Kier molecular flexibility index (Phi) is 7.62. The van der Waals surface area contributed by atoms with Crippen molar-refractivity contribution in [3.8, 4) is 0 Å². The molecular formula is C10H20N2O3. The van der Waals surface area contributed by atoms with Gasteiger partial charge in [-0.3, -0.25) is 9.59 Å². The minimum Gasteiger partial charge on any atom is -0.480 e. The van der Waals surface area contributed by atoms with Crippen molar-refractivity contribution in [2.24, 2.45) is 0 Å². The number of nitrogens with zero attached hydrogens (tertiary/aromatic N) is 1. The molecule has 0 aromatic rings. The summed E-state index contributed by atoms with van der Waals surface area (Å²) < 4.78 is 0. The van der Waals surface area contributed by atoms with E-state index in [2.05, 4.69) is 5.32 Å². The monoisotopic (exact) mass is 216 g/mol. The summed E-state index contributed by atoms with van der Waals surface area (Å²) in [4.78, 5) is 23.4. The van der Waals surface area contributed by atoms with Crippen LogP contribution in [0.4, 0.5) is 0 Å². The fraction of sp³-hybridized carbons (Fsp3) is 0.800. The van der Waals surface area contributed by atoms with Crippen LogP contribution in [0.3, 0.4) is 0 Å². The summed E-state index contributed by atoms with van der Waals surface area (Å²) in [5.74, 6) is -0.734. The van der Waals surface area contributed by atoms with Gasteiger partial charge in [0, 0.05) is 19.5 Å². The molecule has 88 valence electrons. The fourth-order valence-corrected chi connectivity index (χ4v) is 1.29. The average Bonchev–Trinajstić information content (AvgIpc) is 2.18. The molecule has 0 spiro atoms. The molecule has 0 atom stereocenters. The molecule has 0 bridgehead atoms. The fourth-order valence-electron chi connectivity index (χ4n) is 1.29. The first kappa shape index (κ1) is 13.9. The molecule has 15 heavy (non-hydrogen) atoms. The molecule has 0 aromatic carbocycles. The van der Waals surface area contributed by atoms with E-state index in [0.717, 1.165) is 13.1 Å². The van der Waals surface area contributed by atoms with E-state index >= 15 is 0 Å². The quantitative estimate of drug-likeness (QED) is 0.573. The van der Waals surface area contributed by atoms with E-state index in [-0.39, 0.29) is 12.5 Å². The highest BCUT2D eigenvalue weighted by molar-refractivity contribution is 5.76. The number of carboxylic acid groups (broad SMARTS) is 1. The Labute approximate surface area is 90.5 Å². The molecule has 0 saturated carbocycles. The maximum atomic E-state index is 11.5. The van der Waals surface area contributed by atoms with Crippen LogP contribution in [0.2, 0.25) is 0 Å². The first-order chi connectivity index (χ1) is 7.11. The zero-order valence-corrected chi connectivity index (χ0v) is 9.45.